The van der Waals surface area contributed by atoms with E-state index in [1.807, 2.05) is 30.3 Å². The fourth-order valence-electron chi connectivity index (χ4n) is 3.39. The summed E-state index contributed by atoms with van der Waals surface area (Å²) in [5.74, 6) is -1.61. The Kier molecular flexibility index (Phi) is 23.7. The van der Waals surface area contributed by atoms with Crippen molar-refractivity contribution in [3.05, 3.63) is 118 Å². The number of nitrogens with zero attached hydrogens (tertiary/aromatic N) is 4. The zero-order chi connectivity index (χ0) is 43.6. The van der Waals surface area contributed by atoms with Crippen LogP contribution < -0.4 is 21.3 Å². The minimum absolute atomic E-state index is 0.297. The molecule has 0 aliphatic rings. The number of carbonyl (C=O) groups excluding carboxylic acids is 4. The predicted molar refractivity (Wildman–Crippen MR) is 220 cm³/mol. The number of rotatable bonds is 10. The molecule has 4 aromatic rings. The molecule has 0 saturated carbocycles. The average Bonchev–Trinajstić information content (AvgIpc) is 3.22. The quantitative estimate of drug-likeness (QED) is 0.0976. The van der Waals surface area contributed by atoms with E-state index < -0.39 is 24.4 Å². The lowest BCUT2D eigenvalue weighted by Gasteiger charge is -2.16. The van der Waals surface area contributed by atoms with E-state index in [1.165, 1.54) is 73.8 Å². The first-order valence-corrected chi connectivity index (χ1v) is 17.6. The second-order valence-corrected chi connectivity index (χ2v) is 12.2. The van der Waals surface area contributed by atoms with Gasteiger partial charge in [0, 0.05) is 60.4 Å². The molecular weight excluding hydrogens is 851 g/mol. The van der Waals surface area contributed by atoms with Crippen molar-refractivity contribution in [2.45, 2.75) is 0 Å². The number of hydrogen-bond acceptors (Lipinski definition) is 9. The van der Waals surface area contributed by atoms with Crippen LogP contribution in [0.3, 0.4) is 0 Å². The molecule has 18 nitrogen and oxygen atoms in total. The molecule has 0 aromatic heterocycles. The Labute approximate surface area is 348 Å². The van der Waals surface area contributed by atoms with Crippen molar-refractivity contribution in [3.8, 4) is 0 Å². The number of carboxylic acid groups (broad SMARTS) is 1. The lowest BCUT2D eigenvalue weighted by atomic mass is 10.3. The summed E-state index contributed by atoms with van der Waals surface area (Å²) >= 11 is 9.00. The summed E-state index contributed by atoms with van der Waals surface area (Å²) in [5, 5.41) is 23.4. The van der Waals surface area contributed by atoms with E-state index in [0.717, 1.165) is 36.1 Å². The first kappa shape index (κ1) is 50.0. The zero-order valence-electron chi connectivity index (χ0n) is 32.6. The lowest BCUT2D eigenvalue weighted by molar-refractivity contribution is -0.158. The van der Waals surface area contributed by atoms with Crippen LogP contribution in [0.25, 0.3) is 0 Å². The van der Waals surface area contributed by atoms with E-state index in [0.29, 0.717) is 16.4 Å². The van der Waals surface area contributed by atoms with Crippen molar-refractivity contribution in [2.75, 3.05) is 77.4 Å². The van der Waals surface area contributed by atoms with Crippen LogP contribution in [0.4, 0.5) is 46.3 Å². The standard InChI is InChI=1S/C10H11FN2O4.C9H11BrN2O2.C9H11ClN2O2.C9H12N2O2/c1-13(17-6-9(14)15)10(16)12-8-4-2-7(11)3-5-8;2*1-12(14-2)9(13)11-8-5-3-7(10)4-6-8;1-11(13-2)9(12)10-8-6-4-3-5-7-8/h2-5H,6H2,1H3,(H,12,16)(H,14,15);2*3-6H,1-2H3,(H,11,13);3-7H,1-2H3,(H,10,12). The fourth-order valence-corrected chi connectivity index (χ4v) is 3.78. The molecule has 0 aliphatic carbocycles. The molecule has 21 heteroatoms. The Bertz CT molecular complexity index is 1790. The van der Waals surface area contributed by atoms with E-state index in [-0.39, 0.29) is 18.1 Å². The van der Waals surface area contributed by atoms with Crippen molar-refractivity contribution in [3.63, 3.8) is 0 Å². The predicted octanol–water partition coefficient (Wildman–Crippen LogP) is 7.86. The Morgan fingerprint density at radius 2 is 0.897 bits per heavy atom. The first-order valence-electron chi connectivity index (χ1n) is 16.5. The molecule has 0 aliphatic heterocycles. The second kappa shape index (κ2) is 27.5. The number of benzene rings is 4. The number of carbonyl (C=O) groups is 5. The molecule has 0 spiro atoms. The van der Waals surface area contributed by atoms with Crippen LogP contribution in [-0.4, -0.2) is 112 Å². The Hall–Kier alpha value is -6.03. The Morgan fingerprint density at radius 3 is 1.26 bits per heavy atom. The molecule has 0 atom stereocenters. The number of hydroxylamine groups is 8. The number of halogens is 3. The van der Waals surface area contributed by atoms with Gasteiger partial charge in [-0.25, -0.2) is 48.6 Å². The van der Waals surface area contributed by atoms with Crippen LogP contribution in [-0.2, 0) is 24.1 Å². The molecule has 4 rings (SSSR count). The minimum atomic E-state index is -1.19. The number of urea groups is 4. The van der Waals surface area contributed by atoms with Gasteiger partial charge in [-0.3, -0.25) is 19.4 Å². The summed E-state index contributed by atoms with van der Waals surface area (Å²) in [7, 11) is 10.1. The third-order valence-electron chi connectivity index (χ3n) is 6.66. The molecule has 4 aromatic carbocycles. The van der Waals surface area contributed by atoms with Gasteiger partial charge in [-0.1, -0.05) is 45.7 Å². The van der Waals surface area contributed by atoms with Gasteiger partial charge in [-0.15, -0.1) is 0 Å². The summed E-state index contributed by atoms with van der Waals surface area (Å²) < 4.78 is 13.5. The second-order valence-electron chi connectivity index (χ2n) is 10.8. The van der Waals surface area contributed by atoms with E-state index in [9.17, 15) is 28.4 Å². The van der Waals surface area contributed by atoms with Gasteiger partial charge >= 0.3 is 30.1 Å². The first-order chi connectivity index (χ1) is 27.5. The highest BCUT2D eigenvalue weighted by molar-refractivity contribution is 9.10. The smallest absolute Gasteiger partial charge is 0.345 e. The summed E-state index contributed by atoms with van der Waals surface area (Å²) in [4.78, 5) is 74.2. The molecule has 0 unspecified atom stereocenters. The van der Waals surface area contributed by atoms with Gasteiger partial charge < -0.3 is 26.4 Å². The summed E-state index contributed by atoms with van der Waals surface area (Å²) in [6.45, 7) is -0.618. The SMILES string of the molecule is CN(OCC(=O)O)C(=O)Nc1ccc(F)cc1.CON(C)C(=O)Nc1ccc(Br)cc1.CON(C)C(=O)Nc1ccc(Cl)cc1.CON(C)C(=O)Nc1ccccc1. The van der Waals surface area contributed by atoms with Gasteiger partial charge in [-0.2, -0.15) is 0 Å². The van der Waals surface area contributed by atoms with Gasteiger partial charge in [0.25, 0.3) is 0 Å². The van der Waals surface area contributed by atoms with E-state index in [2.05, 4.69) is 42.0 Å². The van der Waals surface area contributed by atoms with Crippen LogP contribution in [0.1, 0.15) is 0 Å². The van der Waals surface area contributed by atoms with Crippen LogP contribution >= 0.6 is 27.5 Å². The van der Waals surface area contributed by atoms with Crippen molar-refractivity contribution < 1.29 is 52.8 Å². The van der Waals surface area contributed by atoms with Gasteiger partial charge in [0.15, 0.2) is 6.61 Å². The summed E-state index contributed by atoms with van der Waals surface area (Å²) in [6.07, 6.45) is 0. The molecule has 0 radical (unpaired) electrons. The maximum atomic E-state index is 12.6. The highest BCUT2D eigenvalue weighted by atomic mass is 79.9. The highest BCUT2D eigenvalue weighted by Gasteiger charge is 2.12. The van der Waals surface area contributed by atoms with Crippen molar-refractivity contribution in [1.82, 2.24) is 20.3 Å². The fraction of sp³-hybridized carbons (Fsp3) is 0.216. The van der Waals surface area contributed by atoms with Gasteiger partial charge in [0.05, 0.1) is 21.3 Å². The van der Waals surface area contributed by atoms with Crippen molar-refractivity contribution in [2.24, 2.45) is 0 Å². The van der Waals surface area contributed by atoms with Gasteiger partial charge in [-0.05, 0) is 84.9 Å². The number of para-hydroxylation sites is 1. The molecule has 5 N–H and O–H groups in total. The normalized spacial score (nSPS) is 9.62. The molecule has 58 heavy (non-hydrogen) atoms. The number of nitrogens with one attached hydrogen (secondary N) is 4. The summed E-state index contributed by atoms with van der Waals surface area (Å²) in [6, 6.07) is 26.8. The Morgan fingerprint density at radius 1 is 0.569 bits per heavy atom. The van der Waals surface area contributed by atoms with Gasteiger partial charge in [0.2, 0.25) is 0 Å². The number of aliphatic carboxylic acids is 1. The molecule has 8 amide bonds. The van der Waals surface area contributed by atoms with E-state index in [4.69, 9.17) is 31.2 Å². The third-order valence-corrected chi connectivity index (χ3v) is 7.44. The number of amides is 8. The third kappa shape index (κ3) is 21.3. The Balaban J connectivity index is 0.000000389. The molecule has 0 bridgehead atoms. The van der Waals surface area contributed by atoms with E-state index in [1.54, 1.807) is 48.5 Å². The molecule has 0 heterocycles. The van der Waals surface area contributed by atoms with Crippen molar-refractivity contribution in [1.29, 1.82) is 0 Å². The van der Waals surface area contributed by atoms with E-state index >= 15 is 0 Å². The van der Waals surface area contributed by atoms with Crippen molar-refractivity contribution >= 4 is 80.4 Å². The van der Waals surface area contributed by atoms with Crippen LogP contribution in [0.15, 0.2) is 108 Å². The maximum Gasteiger partial charge on any atom is 0.345 e. The maximum absolute atomic E-state index is 12.6. The average molecular weight is 896 g/mol. The number of carboxylic acids is 1. The van der Waals surface area contributed by atoms with Crippen LogP contribution in [0, 0.1) is 5.82 Å². The minimum Gasteiger partial charge on any atom is -0.479 e. The molecule has 314 valence electrons. The number of anilines is 4. The summed E-state index contributed by atoms with van der Waals surface area (Å²) in [5.41, 5.74) is 2.52. The zero-order valence-corrected chi connectivity index (χ0v) is 34.9. The molecule has 0 fully saturated rings. The highest BCUT2D eigenvalue weighted by Crippen LogP contribution is 2.15. The number of hydrogen-bond donors (Lipinski definition) is 5. The molecular formula is C37H45BrClFN8O10. The van der Waals surface area contributed by atoms with Crippen LogP contribution in [0.2, 0.25) is 5.02 Å². The van der Waals surface area contributed by atoms with Crippen LogP contribution in [0.5, 0.6) is 0 Å². The largest absolute Gasteiger partial charge is 0.479 e. The lowest BCUT2D eigenvalue weighted by Crippen LogP contribution is -2.33. The molecule has 0 saturated heterocycles. The topological polar surface area (TPSA) is 204 Å². The van der Waals surface area contributed by atoms with Gasteiger partial charge in [0.1, 0.15) is 5.82 Å². The monoisotopic (exact) mass is 894 g/mol.